The first kappa shape index (κ1) is 24.8. The summed E-state index contributed by atoms with van der Waals surface area (Å²) in [7, 11) is 0. The van der Waals surface area contributed by atoms with E-state index in [1.807, 2.05) is 36.4 Å². The van der Waals surface area contributed by atoms with Crippen molar-refractivity contribution < 1.29 is 9.53 Å². The van der Waals surface area contributed by atoms with Crippen molar-refractivity contribution in [2.75, 3.05) is 0 Å². The fourth-order valence-corrected chi connectivity index (χ4v) is 4.56. The first-order chi connectivity index (χ1) is 15.9. The lowest BCUT2D eigenvalue weighted by atomic mass is 9.73. The quantitative estimate of drug-likeness (QED) is 0.290. The molecule has 176 valence electrons. The van der Waals surface area contributed by atoms with E-state index in [9.17, 15) is 4.79 Å². The number of nitrogens with one attached hydrogen (secondary N) is 1. The van der Waals surface area contributed by atoms with Crippen molar-refractivity contribution in [3.05, 3.63) is 83.1 Å². The smallest absolute Gasteiger partial charge is 0.150 e. The van der Waals surface area contributed by atoms with Crippen LogP contribution >= 0.6 is 0 Å². The molecule has 33 heavy (non-hydrogen) atoms. The summed E-state index contributed by atoms with van der Waals surface area (Å²) >= 11 is 0. The monoisotopic (exact) mass is 445 g/mol. The molecular formula is C30H39NO2. The standard InChI is InChI=1S/C30H39NO2/c1-6-7-9-16-25-19-27(30(21-32,23(4)5)31-29(25)22(2)3)26-17-12-13-18-28(26)33-20-24-14-10-8-11-15-24/h8,10-15,17-19,21-23,31H,6-7,9,16,20H2,1-5H3. The van der Waals surface area contributed by atoms with Gasteiger partial charge < -0.3 is 14.8 Å². The minimum absolute atomic E-state index is 0.0781. The minimum Gasteiger partial charge on any atom is -0.488 e. The van der Waals surface area contributed by atoms with E-state index in [2.05, 4.69) is 64.2 Å². The number of aldehydes is 1. The largest absolute Gasteiger partial charge is 0.488 e. The van der Waals surface area contributed by atoms with Crippen LogP contribution in [-0.2, 0) is 11.4 Å². The molecule has 0 fully saturated rings. The molecule has 0 bridgehead atoms. The highest BCUT2D eigenvalue weighted by Gasteiger charge is 2.42. The van der Waals surface area contributed by atoms with Gasteiger partial charge in [0.05, 0.1) is 0 Å². The van der Waals surface area contributed by atoms with Crippen molar-refractivity contribution in [2.24, 2.45) is 11.8 Å². The van der Waals surface area contributed by atoms with E-state index in [0.29, 0.717) is 12.5 Å². The maximum atomic E-state index is 12.8. The highest BCUT2D eigenvalue weighted by Crippen LogP contribution is 2.43. The fraction of sp³-hybridized carbons (Fsp3) is 0.433. The number of carbonyl (C=O) groups is 1. The first-order valence-corrected chi connectivity index (χ1v) is 12.4. The molecule has 1 unspecified atom stereocenters. The molecule has 0 aromatic heterocycles. The van der Waals surface area contributed by atoms with Gasteiger partial charge in [0, 0.05) is 11.3 Å². The molecule has 2 aromatic rings. The Morgan fingerprint density at radius 1 is 0.970 bits per heavy atom. The van der Waals surface area contributed by atoms with E-state index >= 15 is 0 Å². The third kappa shape index (κ3) is 5.58. The van der Waals surface area contributed by atoms with Crippen LogP contribution in [0.25, 0.3) is 5.57 Å². The molecule has 1 aliphatic heterocycles. The summed E-state index contributed by atoms with van der Waals surface area (Å²) < 4.78 is 6.30. The lowest BCUT2D eigenvalue weighted by Gasteiger charge is -2.42. The van der Waals surface area contributed by atoms with Crippen molar-refractivity contribution in [2.45, 2.75) is 72.4 Å². The second kappa shape index (κ2) is 11.4. The zero-order valence-corrected chi connectivity index (χ0v) is 20.9. The average Bonchev–Trinajstić information content (AvgIpc) is 2.83. The molecule has 0 saturated carbocycles. The number of dihydropyridines is 1. The van der Waals surface area contributed by atoms with E-state index < -0.39 is 5.54 Å². The molecule has 3 rings (SSSR count). The maximum Gasteiger partial charge on any atom is 0.150 e. The number of rotatable bonds is 11. The minimum atomic E-state index is -0.792. The molecule has 1 aliphatic rings. The van der Waals surface area contributed by atoms with Crippen LogP contribution in [0.1, 0.15) is 71.4 Å². The number of ether oxygens (including phenoxy) is 1. The topological polar surface area (TPSA) is 38.3 Å². The number of hydrogen-bond donors (Lipinski definition) is 1. The molecule has 0 saturated heterocycles. The number of unbranched alkanes of at least 4 members (excludes halogenated alkanes) is 2. The van der Waals surface area contributed by atoms with Crippen LogP contribution in [0.5, 0.6) is 5.75 Å². The second-order valence-electron chi connectivity index (χ2n) is 9.65. The maximum absolute atomic E-state index is 12.8. The zero-order valence-electron chi connectivity index (χ0n) is 20.9. The number of hydrogen-bond acceptors (Lipinski definition) is 3. The van der Waals surface area contributed by atoms with Gasteiger partial charge in [0.25, 0.3) is 0 Å². The molecule has 3 heteroatoms. The van der Waals surface area contributed by atoms with E-state index in [4.69, 9.17) is 4.74 Å². The Morgan fingerprint density at radius 2 is 1.67 bits per heavy atom. The normalized spacial score (nSPS) is 18.3. The van der Waals surface area contributed by atoms with Crippen LogP contribution in [0, 0.1) is 11.8 Å². The van der Waals surface area contributed by atoms with Gasteiger partial charge in [-0.15, -0.1) is 0 Å². The Balaban J connectivity index is 2.08. The van der Waals surface area contributed by atoms with Crippen LogP contribution in [0.15, 0.2) is 71.9 Å². The van der Waals surface area contributed by atoms with E-state index in [0.717, 1.165) is 41.6 Å². The SMILES string of the molecule is CCCCCC1=C(C(C)C)NC(C=O)(C(C)C)C(c2ccccc2OCc2ccccc2)=C1. The van der Waals surface area contributed by atoms with Gasteiger partial charge in [-0.1, -0.05) is 102 Å². The molecule has 1 atom stereocenters. The zero-order chi connectivity index (χ0) is 23.8. The summed E-state index contributed by atoms with van der Waals surface area (Å²) in [5.41, 5.74) is 4.82. The Morgan fingerprint density at radius 3 is 2.30 bits per heavy atom. The van der Waals surface area contributed by atoms with Crippen LogP contribution in [-0.4, -0.2) is 11.8 Å². The van der Waals surface area contributed by atoms with Crippen molar-refractivity contribution in [3.8, 4) is 5.75 Å². The third-order valence-electron chi connectivity index (χ3n) is 6.59. The second-order valence-corrected chi connectivity index (χ2v) is 9.65. The number of benzene rings is 2. The van der Waals surface area contributed by atoms with Gasteiger partial charge in [0.1, 0.15) is 24.2 Å². The van der Waals surface area contributed by atoms with Gasteiger partial charge in [0.15, 0.2) is 0 Å². The number of carbonyl (C=O) groups excluding carboxylic acids is 1. The molecule has 0 aliphatic carbocycles. The number of para-hydroxylation sites is 1. The summed E-state index contributed by atoms with van der Waals surface area (Å²) in [5, 5.41) is 3.73. The van der Waals surface area contributed by atoms with Crippen LogP contribution in [0.2, 0.25) is 0 Å². The Bertz CT molecular complexity index is 987. The van der Waals surface area contributed by atoms with Gasteiger partial charge in [-0.05, 0) is 47.5 Å². The van der Waals surface area contributed by atoms with Crippen molar-refractivity contribution >= 4 is 11.9 Å². The molecule has 0 radical (unpaired) electrons. The average molecular weight is 446 g/mol. The predicted octanol–water partition coefficient (Wildman–Crippen LogP) is 7.34. The highest BCUT2D eigenvalue weighted by molar-refractivity contribution is 5.94. The predicted molar refractivity (Wildman–Crippen MR) is 138 cm³/mol. The van der Waals surface area contributed by atoms with Crippen LogP contribution in [0.4, 0.5) is 0 Å². The summed E-state index contributed by atoms with van der Waals surface area (Å²) in [6.45, 7) is 11.4. The Kier molecular flexibility index (Phi) is 8.55. The lowest BCUT2D eigenvalue weighted by Crippen LogP contribution is -2.54. The molecule has 2 aromatic carbocycles. The van der Waals surface area contributed by atoms with Crippen molar-refractivity contribution in [3.63, 3.8) is 0 Å². The van der Waals surface area contributed by atoms with E-state index in [1.165, 1.54) is 24.1 Å². The van der Waals surface area contributed by atoms with Crippen LogP contribution < -0.4 is 10.1 Å². The lowest BCUT2D eigenvalue weighted by molar-refractivity contribution is -0.112. The summed E-state index contributed by atoms with van der Waals surface area (Å²) in [4.78, 5) is 12.8. The van der Waals surface area contributed by atoms with Gasteiger partial charge in [0.2, 0.25) is 0 Å². The van der Waals surface area contributed by atoms with Gasteiger partial charge >= 0.3 is 0 Å². The highest BCUT2D eigenvalue weighted by atomic mass is 16.5. The summed E-state index contributed by atoms with van der Waals surface area (Å²) in [5.74, 6) is 1.21. The van der Waals surface area contributed by atoms with Crippen molar-refractivity contribution in [1.82, 2.24) is 5.32 Å². The van der Waals surface area contributed by atoms with E-state index in [1.54, 1.807) is 0 Å². The molecular weight excluding hydrogens is 406 g/mol. The van der Waals surface area contributed by atoms with Gasteiger partial charge in [-0.2, -0.15) is 0 Å². The third-order valence-corrected chi connectivity index (χ3v) is 6.59. The first-order valence-electron chi connectivity index (χ1n) is 12.4. The van der Waals surface area contributed by atoms with Gasteiger partial charge in [-0.25, -0.2) is 0 Å². The van der Waals surface area contributed by atoms with Crippen molar-refractivity contribution in [1.29, 1.82) is 0 Å². The Labute approximate surface area is 199 Å². The number of allylic oxidation sites excluding steroid dienone is 3. The van der Waals surface area contributed by atoms with Crippen LogP contribution in [0.3, 0.4) is 0 Å². The molecule has 0 amide bonds. The fourth-order valence-electron chi connectivity index (χ4n) is 4.56. The summed E-state index contributed by atoms with van der Waals surface area (Å²) in [6, 6.07) is 18.3. The summed E-state index contributed by atoms with van der Waals surface area (Å²) in [6.07, 6.45) is 7.93. The Hall–Kier alpha value is -2.81. The molecule has 0 spiro atoms. The molecule has 3 nitrogen and oxygen atoms in total. The van der Waals surface area contributed by atoms with Gasteiger partial charge in [-0.3, -0.25) is 0 Å². The van der Waals surface area contributed by atoms with E-state index in [-0.39, 0.29) is 5.92 Å². The molecule has 1 N–H and O–H groups in total. The molecule has 1 heterocycles.